The fourth-order valence-corrected chi connectivity index (χ4v) is 9.27. The highest BCUT2D eigenvalue weighted by Gasteiger charge is 2.19. The molecule has 2 nitrogen and oxygen atoms in total. The fourth-order valence-electron chi connectivity index (χ4n) is 9.27. The lowest BCUT2D eigenvalue weighted by molar-refractivity contribution is 0.669. The van der Waals surface area contributed by atoms with Crippen LogP contribution in [0, 0.1) is 0 Å². The Labute approximate surface area is 347 Å². The van der Waals surface area contributed by atoms with E-state index in [1.807, 2.05) is 0 Å². The van der Waals surface area contributed by atoms with E-state index >= 15 is 0 Å². The van der Waals surface area contributed by atoms with Gasteiger partial charge in [-0.3, -0.25) is 0 Å². The van der Waals surface area contributed by atoms with E-state index in [0.29, 0.717) is 0 Å². The van der Waals surface area contributed by atoms with Gasteiger partial charge in [0.1, 0.15) is 11.2 Å². The molecule has 0 N–H and O–H groups in total. The summed E-state index contributed by atoms with van der Waals surface area (Å²) in [4.78, 5) is 2.37. The van der Waals surface area contributed by atoms with E-state index in [2.05, 4.69) is 229 Å². The highest BCUT2D eigenvalue weighted by Crippen LogP contribution is 2.44. The smallest absolute Gasteiger partial charge is 0.137 e. The van der Waals surface area contributed by atoms with Crippen LogP contribution in [-0.2, 0) is 0 Å². The van der Waals surface area contributed by atoms with Crippen LogP contribution < -0.4 is 4.90 Å². The molecule has 0 aliphatic heterocycles. The van der Waals surface area contributed by atoms with Crippen molar-refractivity contribution in [3.63, 3.8) is 0 Å². The quantitative estimate of drug-likeness (QED) is 0.157. The molecule has 0 aliphatic carbocycles. The molecule has 12 aromatic rings. The van der Waals surface area contributed by atoms with Crippen molar-refractivity contribution in [3.05, 3.63) is 224 Å². The van der Waals surface area contributed by atoms with Crippen molar-refractivity contribution in [2.75, 3.05) is 4.90 Å². The number of anilines is 3. The number of benzene rings is 11. The SMILES string of the molecule is c1ccc(-c2ccc(N(c3ccc4cc(-c5cc6ccccc6c6ccccc56)ccc4c3)c3ccc4c(c3)oc3cc5ccccc5cc34)cc2-c2ccccc2)cc1. The first kappa shape index (κ1) is 34.1. The van der Waals surface area contributed by atoms with Gasteiger partial charge in [-0.1, -0.05) is 158 Å². The second-order valence-electron chi connectivity index (χ2n) is 15.7. The molecule has 0 fully saturated rings. The zero-order valence-electron chi connectivity index (χ0n) is 32.7. The molecule has 0 spiro atoms. The third-order valence-corrected chi connectivity index (χ3v) is 12.2. The van der Waals surface area contributed by atoms with Gasteiger partial charge in [-0.15, -0.1) is 0 Å². The topological polar surface area (TPSA) is 16.4 Å². The van der Waals surface area contributed by atoms with Gasteiger partial charge in [0.25, 0.3) is 0 Å². The van der Waals surface area contributed by atoms with Gasteiger partial charge < -0.3 is 9.32 Å². The highest BCUT2D eigenvalue weighted by atomic mass is 16.3. The molecule has 2 heteroatoms. The lowest BCUT2D eigenvalue weighted by Gasteiger charge is -2.27. The third-order valence-electron chi connectivity index (χ3n) is 12.2. The lowest BCUT2D eigenvalue weighted by atomic mass is 9.92. The summed E-state index contributed by atoms with van der Waals surface area (Å²) in [6.07, 6.45) is 0. The zero-order chi connectivity index (χ0) is 39.6. The molecule has 11 aromatic carbocycles. The Morgan fingerprint density at radius 1 is 0.250 bits per heavy atom. The van der Waals surface area contributed by atoms with E-state index in [0.717, 1.165) is 39.0 Å². The largest absolute Gasteiger partial charge is 0.456 e. The number of furan rings is 1. The van der Waals surface area contributed by atoms with Gasteiger partial charge in [0.15, 0.2) is 0 Å². The van der Waals surface area contributed by atoms with Gasteiger partial charge in [-0.25, -0.2) is 0 Å². The van der Waals surface area contributed by atoms with Crippen molar-refractivity contribution in [1.29, 1.82) is 0 Å². The summed E-state index contributed by atoms with van der Waals surface area (Å²) in [5, 5.41) is 12.1. The molecule has 1 heterocycles. The summed E-state index contributed by atoms with van der Waals surface area (Å²) in [7, 11) is 0. The molecule has 0 bridgehead atoms. The van der Waals surface area contributed by atoms with Crippen molar-refractivity contribution in [2.45, 2.75) is 0 Å². The van der Waals surface area contributed by atoms with Gasteiger partial charge in [0, 0.05) is 33.9 Å². The van der Waals surface area contributed by atoms with Crippen LogP contribution in [0.4, 0.5) is 17.1 Å². The molecular weight excluding hydrogens is 727 g/mol. The molecule has 12 rings (SSSR count). The van der Waals surface area contributed by atoms with Crippen LogP contribution in [0.25, 0.3) is 98.4 Å². The maximum Gasteiger partial charge on any atom is 0.137 e. The van der Waals surface area contributed by atoms with E-state index in [1.54, 1.807) is 0 Å². The van der Waals surface area contributed by atoms with Crippen molar-refractivity contribution in [1.82, 2.24) is 0 Å². The summed E-state index contributed by atoms with van der Waals surface area (Å²) in [5.41, 5.74) is 12.1. The summed E-state index contributed by atoms with van der Waals surface area (Å²) >= 11 is 0. The second-order valence-corrected chi connectivity index (χ2v) is 15.7. The predicted octanol–water partition coefficient (Wildman–Crippen LogP) is 16.7. The van der Waals surface area contributed by atoms with E-state index in [4.69, 9.17) is 4.42 Å². The molecule has 280 valence electrons. The molecule has 0 atom stereocenters. The van der Waals surface area contributed by atoms with Crippen LogP contribution in [0.3, 0.4) is 0 Å². The Hall–Kier alpha value is -7.94. The first-order chi connectivity index (χ1) is 29.7. The molecule has 0 radical (unpaired) electrons. The Balaban J connectivity index is 1.04. The molecule has 0 unspecified atom stereocenters. The predicted molar refractivity (Wildman–Crippen MR) is 255 cm³/mol. The van der Waals surface area contributed by atoms with Crippen molar-refractivity contribution in [3.8, 4) is 33.4 Å². The molecule has 0 amide bonds. The van der Waals surface area contributed by atoms with E-state index in [-0.39, 0.29) is 0 Å². The standard InChI is InChI=1S/C58H37NO/c1-3-13-38(14-4-1)50-29-27-47(36-55(50)39-15-5-2-6-16-39)59(48-28-30-53-56-33-40-17-7-8-18-41(40)35-57(56)60-58(53)37-48)46-26-25-42-31-45(24-23-43(42)32-46)54-34-44-19-9-10-20-49(44)51-21-11-12-22-52(51)54/h1-37H. The summed E-state index contributed by atoms with van der Waals surface area (Å²) < 4.78 is 6.65. The van der Waals surface area contributed by atoms with E-state index in [1.165, 1.54) is 76.5 Å². The Bertz CT molecular complexity index is 3600. The Morgan fingerprint density at radius 2 is 0.800 bits per heavy atom. The Kier molecular flexibility index (Phi) is 7.89. The third kappa shape index (κ3) is 5.73. The molecular formula is C58H37NO. The first-order valence-corrected chi connectivity index (χ1v) is 20.6. The van der Waals surface area contributed by atoms with Crippen LogP contribution in [0.2, 0.25) is 0 Å². The van der Waals surface area contributed by atoms with Crippen LogP contribution in [0.1, 0.15) is 0 Å². The van der Waals surface area contributed by atoms with Gasteiger partial charge in [-0.2, -0.15) is 0 Å². The number of nitrogens with zero attached hydrogens (tertiary/aromatic N) is 1. The van der Waals surface area contributed by atoms with E-state index in [9.17, 15) is 0 Å². The van der Waals surface area contributed by atoms with Crippen LogP contribution in [0.15, 0.2) is 229 Å². The van der Waals surface area contributed by atoms with Gasteiger partial charge >= 0.3 is 0 Å². The minimum absolute atomic E-state index is 0.861. The number of hydrogen-bond acceptors (Lipinski definition) is 2. The maximum atomic E-state index is 6.65. The van der Waals surface area contributed by atoms with Crippen molar-refractivity contribution >= 4 is 82.1 Å². The van der Waals surface area contributed by atoms with Crippen molar-refractivity contribution < 1.29 is 4.42 Å². The number of fused-ring (bicyclic) bond motifs is 8. The van der Waals surface area contributed by atoms with Crippen LogP contribution >= 0.6 is 0 Å². The fraction of sp³-hybridized carbons (Fsp3) is 0. The summed E-state index contributed by atoms with van der Waals surface area (Å²) in [5.74, 6) is 0. The Morgan fingerprint density at radius 3 is 1.60 bits per heavy atom. The van der Waals surface area contributed by atoms with Crippen molar-refractivity contribution in [2.24, 2.45) is 0 Å². The highest BCUT2D eigenvalue weighted by molar-refractivity contribution is 6.14. The zero-order valence-corrected chi connectivity index (χ0v) is 32.7. The molecule has 0 saturated heterocycles. The van der Waals surface area contributed by atoms with Gasteiger partial charge in [0.2, 0.25) is 0 Å². The number of hydrogen-bond donors (Lipinski definition) is 0. The molecule has 1 aromatic heterocycles. The van der Waals surface area contributed by atoms with Crippen LogP contribution in [0.5, 0.6) is 0 Å². The van der Waals surface area contributed by atoms with Gasteiger partial charge in [-0.05, 0) is 137 Å². The summed E-state index contributed by atoms with van der Waals surface area (Å²) in [6.45, 7) is 0. The lowest BCUT2D eigenvalue weighted by Crippen LogP contribution is -2.10. The molecule has 0 aliphatic rings. The minimum Gasteiger partial charge on any atom is -0.456 e. The van der Waals surface area contributed by atoms with E-state index < -0.39 is 0 Å². The normalized spacial score (nSPS) is 11.7. The molecule has 0 saturated carbocycles. The average molecular weight is 764 g/mol. The minimum atomic E-state index is 0.861. The second kappa shape index (κ2) is 13.9. The first-order valence-electron chi connectivity index (χ1n) is 20.6. The average Bonchev–Trinajstić information content (AvgIpc) is 3.67. The van der Waals surface area contributed by atoms with Gasteiger partial charge in [0.05, 0.1) is 0 Å². The molecule has 60 heavy (non-hydrogen) atoms. The monoisotopic (exact) mass is 763 g/mol. The number of rotatable bonds is 6. The summed E-state index contributed by atoms with van der Waals surface area (Å²) in [6, 6.07) is 81.3. The maximum absolute atomic E-state index is 6.65. The van der Waals surface area contributed by atoms with Crippen LogP contribution in [-0.4, -0.2) is 0 Å².